The highest BCUT2D eigenvalue weighted by Gasteiger charge is 2.24. The number of halogens is 2. The lowest BCUT2D eigenvalue weighted by atomic mass is 9.90. The van der Waals surface area contributed by atoms with Gasteiger partial charge >= 0.3 is 0 Å². The Morgan fingerprint density at radius 2 is 1.49 bits per heavy atom. The fourth-order valence-corrected chi connectivity index (χ4v) is 4.89. The van der Waals surface area contributed by atoms with Crippen molar-refractivity contribution in [3.05, 3.63) is 95.2 Å². The molecule has 0 spiro atoms. The summed E-state index contributed by atoms with van der Waals surface area (Å²) in [7, 11) is 0. The molecule has 0 saturated carbocycles. The second-order valence-corrected chi connectivity index (χ2v) is 10.4. The van der Waals surface area contributed by atoms with Crippen molar-refractivity contribution in [1.29, 1.82) is 0 Å². The second-order valence-electron chi connectivity index (χ2n) is 10.4. The fourth-order valence-electron chi connectivity index (χ4n) is 4.89. The van der Waals surface area contributed by atoms with Gasteiger partial charge in [0.1, 0.15) is 17.5 Å². The van der Waals surface area contributed by atoms with Crippen LogP contribution in [0.1, 0.15) is 61.8 Å². The molecule has 1 aromatic heterocycles. The Balaban J connectivity index is 1.25. The van der Waals surface area contributed by atoms with E-state index in [2.05, 4.69) is 20.5 Å². The van der Waals surface area contributed by atoms with Crippen molar-refractivity contribution >= 4 is 17.6 Å². The molecule has 1 aliphatic rings. The summed E-state index contributed by atoms with van der Waals surface area (Å²) in [5.74, 6) is -0.765. The Morgan fingerprint density at radius 3 is 2.05 bits per heavy atom. The number of hydrogen-bond donors (Lipinski definition) is 2. The molecule has 1 aliphatic heterocycles. The normalized spacial score (nSPS) is 14.5. The highest BCUT2D eigenvalue weighted by Crippen LogP contribution is 2.28. The summed E-state index contributed by atoms with van der Waals surface area (Å²) in [6.45, 7) is 6.97. The highest BCUT2D eigenvalue weighted by atomic mass is 19.1. The maximum absolute atomic E-state index is 13.5. The molecule has 2 heterocycles. The summed E-state index contributed by atoms with van der Waals surface area (Å²) in [5, 5.41) is 5.89. The van der Waals surface area contributed by atoms with E-state index >= 15 is 0 Å². The molecule has 3 aromatic rings. The lowest BCUT2D eigenvalue weighted by molar-refractivity contribution is -0.121. The molecule has 0 unspecified atom stereocenters. The van der Waals surface area contributed by atoms with Gasteiger partial charge in [0.2, 0.25) is 11.8 Å². The van der Waals surface area contributed by atoms with Gasteiger partial charge in [-0.3, -0.25) is 9.59 Å². The standard InChI is InChI=1S/C31H36F2N4O2/c1-21(2)30(38)36-28-6-3-5-27(35-28)22-15-19-37(20-16-22)18-4-17-34-31(39)29(23-7-11-25(32)12-8-23)24-9-13-26(33)14-10-24/h3,5-14,21-22,29H,4,15-20H2,1-2H3,(H,34,39)(H,35,36,38). The molecule has 0 aliphatic carbocycles. The zero-order chi connectivity index (χ0) is 27.8. The fraction of sp³-hybridized carbons (Fsp3) is 0.387. The highest BCUT2D eigenvalue weighted by molar-refractivity contribution is 5.91. The van der Waals surface area contributed by atoms with Gasteiger partial charge in [0.25, 0.3) is 0 Å². The van der Waals surface area contributed by atoms with Crippen LogP contribution in [0.15, 0.2) is 66.7 Å². The third kappa shape index (κ3) is 7.93. The lowest BCUT2D eigenvalue weighted by Gasteiger charge is -2.31. The number of nitrogens with one attached hydrogen (secondary N) is 2. The molecule has 4 rings (SSSR count). The first-order valence-corrected chi connectivity index (χ1v) is 13.6. The minimum Gasteiger partial charge on any atom is -0.355 e. The number of hydrogen-bond acceptors (Lipinski definition) is 4. The molecule has 6 nitrogen and oxygen atoms in total. The van der Waals surface area contributed by atoms with Crippen LogP contribution in [0.2, 0.25) is 0 Å². The number of benzene rings is 2. The number of amides is 2. The first-order chi connectivity index (χ1) is 18.8. The van der Waals surface area contributed by atoms with Gasteiger partial charge in [-0.25, -0.2) is 13.8 Å². The molecule has 206 valence electrons. The monoisotopic (exact) mass is 534 g/mol. The molecule has 1 fully saturated rings. The Bertz CT molecular complexity index is 1190. The van der Waals surface area contributed by atoms with Crippen LogP contribution in [0.5, 0.6) is 0 Å². The molecule has 1 saturated heterocycles. The Labute approximate surface area is 228 Å². The first-order valence-electron chi connectivity index (χ1n) is 13.6. The van der Waals surface area contributed by atoms with Crippen molar-refractivity contribution < 1.29 is 18.4 Å². The number of likely N-dealkylation sites (tertiary alicyclic amines) is 1. The predicted octanol–water partition coefficient (Wildman–Crippen LogP) is 5.47. The minimum absolute atomic E-state index is 0.0387. The molecular formula is C31H36F2N4O2. The molecule has 39 heavy (non-hydrogen) atoms. The van der Waals surface area contributed by atoms with Gasteiger partial charge in [-0.2, -0.15) is 0 Å². The lowest BCUT2D eigenvalue weighted by Crippen LogP contribution is -2.36. The number of anilines is 1. The van der Waals surface area contributed by atoms with E-state index < -0.39 is 5.92 Å². The Hall–Kier alpha value is -3.65. The number of carbonyl (C=O) groups excluding carboxylic acids is 2. The number of carbonyl (C=O) groups is 2. The number of nitrogens with zero attached hydrogens (tertiary/aromatic N) is 2. The molecular weight excluding hydrogens is 498 g/mol. The largest absolute Gasteiger partial charge is 0.355 e. The van der Waals surface area contributed by atoms with E-state index in [1.165, 1.54) is 24.3 Å². The minimum atomic E-state index is -0.643. The smallest absolute Gasteiger partial charge is 0.232 e. The molecule has 0 radical (unpaired) electrons. The van der Waals surface area contributed by atoms with Gasteiger partial charge in [0.05, 0.1) is 5.92 Å². The third-order valence-corrected chi connectivity index (χ3v) is 7.17. The summed E-state index contributed by atoms with van der Waals surface area (Å²) in [6.07, 6.45) is 2.77. The van der Waals surface area contributed by atoms with Crippen molar-refractivity contribution in [3.8, 4) is 0 Å². The third-order valence-electron chi connectivity index (χ3n) is 7.17. The van der Waals surface area contributed by atoms with Crippen LogP contribution in [0.25, 0.3) is 0 Å². The molecule has 0 atom stereocenters. The van der Waals surface area contributed by atoms with Crippen LogP contribution in [-0.4, -0.2) is 47.9 Å². The quantitative estimate of drug-likeness (QED) is 0.338. The van der Waals surface area contributed by atoms with E-state index in [4.69, 9.17) is 0 Å². The van der Waals surface area contributed by atoms with Crippen molar-refractivity contribution in [2.75, 3.05) is 31.5 Å². The van der Waals surface area contributed by atoms with Gasteiger partial charge in [-0.15, -0.1) is 0 Å². The van der Waals surface area contributed by atoms with Crippen LogP contribution in [0.4, 0.5) is 14.6 Å². The zero-order valence-electron chi connectivity index (χ0n) is 22.5. The van der Waals surface area contributed by atoms with Crippen molar-refractivity contribution in [2.45, 2.75) is 44.9 Å². The second kappa shape index (κ2) is 13.4. The summed E-state index contributed by atoms with van der Waals surface area (Å²) < 4.78 is 26.9. The number of piperidine rings is 1. The Kier molecular flexibility index (Phi) is 9.76. The molecule has 0 bridgehead atoms. The number of pyridine rings is 1. The van der Waals surface area contributed by atoms with Crippen molar-refractivity contribution in [3.63, 3.8) is 0 Å². The molecule has 8 heteroatoms. The number of rotatable bonds is 10. The van der Waals surface area contributed by atoms with Crippen LogP contribution in [0.3, 0.4) is 0 Å². The van der Waals surface area contributed by atoms with Crippen LogP contribution in [0, 0.1) is 17.6 Å². The van der Waals surface area contributed by atoms with E-state index in [-0.39, 0.29) is 29.4 Å². The molecule has 2 aromatic carbocycles. The average Bonchev–Trinajstić information content (AvgIpc) is 2.94. The van der Waals surface area contributed by atoms with Crippen LogP contribution < -0.4 is 10.6 Å². The van der Waals surface area contributed by atoms with E-state index in [0.717, 1.165) is 44.6 Å². The summed E-state index contributed by atoms with van der Waals surface area (Å²) >= 11 is 0. The summed E-state index contributed by atoms with van der Waals surface area (Å²) in [5.41, 5.74) is 2.32. The maximum Gasteiger partial charge on any atom is 0.232 e. The van der Waals surface area contributed by atoms with Crippen molar-refractivity contribution in [1.82, 2.24) is 15.2 Å². The summed E-state index contributed by atoms with van der Waals surface area (Å²) in [4.78, 5) is 32.2. The van der Waals surface area contributed by atoms with E-state index in [0.29, 0.717) is 29.4 Å². The van der Waals surface area contributed by atoms with Crippen molar-refractivity contribution in [2.24, 2.45) is 5.92 Å². The van der Waals surface area contributed by atoms with E-state index in [1.807, 2.05) is 32.0 Å². The molecule has 2 amide bonds. The first kappa shape index (κ1) is 28.4. The van der Waals surface area contributed by atoms with E-state index in [1.54, 1.807) is 24.3 Å². The SMILES string of the molecule is CC(C)C(=O)Nc1cccc(C2CCN(CCCNC(=O)C(c3ccc(F)cc3)c3ccc(F)cc3)CC2)n1. The van der Waals surface area contributed by atoms with Crippen LogP contribution in [-0.2, 0) is 9.59 Å². The van der Waals surface area contributed by atoms with Gasteiger partial charge in [0.15, 0.2) is 0 Å². The summed E-state index contributed by atoms with van der Waals surface area (Å²) in [6, 6.07) is 17.5. The number of aromatic nitrogens is 1. The van der Waals surface area contributed by atoms with Gasteiger partial charge in [-0.1, -0.05) is 44.2 Å². The zero-order valence-corrected chi connectivity index (χ0v) is 22.5. The van der Waals surface area contributed by atoms with E-state index in [9.17, 15) is 18.4 Å². The van der Waals surface area contributed by atoms with Gasteiger partial charge < -0.3 is 15.5 Å². The topological polar surface area (TPSA) is 74.3 Å². The van der Waals surface area contributed by atoms with Gasteiger partial charge in [-0.05, 0) is 86.4 Å². The van der Waals surface area contributed by atoms with Gasteiger partial charge in [0, 0.05) is 24.1 Å². The Morgan fingerprint density at radius 1 is 0.897 bits per heavy atom. The predicted molar refractivity (Wildman–Crippen MR) is 148 cm³/mol. The molecule has 2 N–H and O–H groups in total. The maximum atomic E-state index is 13.5. The van der Waals surface area contributed by atoms with Crippen LogP contribution >= 0.6 is 0 Å². The average molecular weight is 535 g/mol.